The third-order valence-electron chi connectivity index (χ3n) is 9.12. The molecule has 29 heavy (non-hydrogen) atoms. The first-order valence-electron chi connectivity index (χ1n) is 11.3. The van der Waals surface area contributed by atoms with E-state index in [4.69, 9.17) is 9.84 Å². The third kappa shape index (κ3) is 3.11. The number of esters is 1. The van der Waals surface area contributed by atoms with Crippen molar-refractivity contribution in [1.29, 1.82) is 0 Å². The zero-order valence-corrected chi connectivity index (χ0v) is 17.9. The second-order valence-electron chi connectivity index (χ2n) is 10.3. The van der Waals surface area contributed by atoms with Crippen LogP contribution in [0, 0.1) is 34.5 Å². The number of ketones is 2. The van der Waals surface area contributed by atoms with Crippen LogP contribution in [0.25, 0.3) is 0 Å². The molecule has 3 fully saturated rings. The number of fused-ring (bicyclic) bond motifs is 5. The first-order chi connectivity index (χ1) is 13.7. The van der Waals surface area contributed by atoms with Crippen LogP contribution in [-0.4, -0.2) is 35.4 Å². The van der Waals surface area contributed by atoms with Crippen molar-refractivity contribution in [3.63, 3.8) is 0 Å². The zero-order chi connectivity index (χ0) is 21.0. The molecule has 0 spiro atoms. The molecule has 0 radical (unpaired) electrons. The number of Topliss-reactive ketones (excluding diaryl/α,β-unsaturated/α-hetero) is 1. The van der Waals surface area contributed by atoms with Crippen molar-refractivity contribution in [2.45, 2.75) is 78.2 Å². The molecule has 4 aliphatic rings. The molecular weight excluding hydrogens is 368 g/mol. The lowest BCUT2D eigenvalue weighted by Crippen LogP contribution is -2.56. The Bertz CT molecular complexity index is 754. The Morgan fingerprint density at radius 2 is 1.93 bits per heavy atom. The first-order valence-corrected chi connectivity index (χ1v) is 11.3. The highest BCUT2D eigenvalue weighted by atomic mass is 16.5. The maximum atomic E-state index is 12.4. The summed E-state index contributed by atoms with van der Waals surface area (Å²) in [6.45, 7) is 6.03. The predicted molar refractivity (Wildman–Crippen MR) is 108 cm³/mol. The van der Waals surface area contributed by atoms with Crippen LogP contribution in [0.2, 0.25) is 0 Å². The van der Waals surface area contributed by atoms with Gasteiger partial charge in [-0.15, -0.1) is 0 Å². The van der Waals surface area contributed by atoms with Crippen LogP contribution in [0.4, 0.5) is 0 Å². The second-order valence-corrected chi connectivity index (χ2v) is 10.3. The number of aliphatic hydroxyl groups excluding tert-OH is 1. The summed E-state index contributed by atoms with van der Waals surface area (Å²) in [5, 5.41) is 9.10. The Labute approximate surface area is 173 Å². The minimum absolute atomic E-state index is 0.0328. The van der Waals surface area contributed by atoms with Crippen molar-refractivity contribution < 1.29 is 24.2 Å². The minimum Gasteiger partial charge on any atom is -0.461 e. The molecule has 160 valence electrons. The van der Waals surface area contributed by atoms with Gasteiger partial charge in [0.05, 0.1) is 13.0 Å². The van der Waals surface area contributed by atoms with E-state index in [1.165, 1.54) is 0 Å². The SMILES string of the molecule is CC(=O)[C@H]1CC[C@H]2[C@@H]3CCC4=CC(=O)CC(OC(=O)CCO)[C@]4(C)[C@H]3CC[C@]12C. The number of aliphatic hydroxyl groups is 1. The molecule has 3 saturated carbocycles. The topological polar surface area (TPSA) is 80.7 Å². The predicted octanol–water partition coefficient (Wildman–Crippen LogP) is 3.63. The Morgan fingerprint density at radius 1 is 1.17 bits per heavy atom. The van der Waals surface area contributed by atoms with Crippen LogP contribution in [0.15, 0.2) is 11.6 Å². The molecule has 7 atom stereocenters. The maximum Gasteiger partial charge on any atom is 0.308 e. The van der Waals surface area contributed by atoms with Crippen LogP contribution < -0.4 is 0 Å². The van der Waals surface area contributed by atoms with Gasteiger partial charge in [-0.3, -0.25) is 14.4 Å². The molecule has 5 nitrogen and oxygen atoms in total. The van der Waals surface area contributed by atoms with E-state index >= 15 is 0 Å². The van der Waals surface area contributed by atoms with E-state index in [1.807, 2.05) is 6.08 Å². The van der Waals surface area contributed by atoms with Gasteiger partial charge < -0.3 is 9.84 Å². The summed E-state index contributed by atoms with van der Waals surface area (Å²) in [7, 11) is 0. The lowest BCUT2D eigenvalue weighted by Gasteiger charge is -2.59. The fraction of sp³-hybridized carbons (Fsp3) is 0.792. The molecule has 5 heteroatoms. The zero-order valence-electron chi connectivity index (χ0n) is 17.9. The van der Waals surface area contributed by atoms with Crippen molar-refractivity contribution >= 4 is 17.5 Å². The summed E-state index contributed by atoms with van der Waals surface area (Å²) in [5.41, 5.74) is 0.900. The number of carbonyl (C=O) groups excluding carboxylic acids is 3. The molecule has 0 aromatic carbocycles. The summed E-state index contributed by atoms with van der Waals surface area (Å²) in [6.07, 6.45) is 7.62. The van der Waals surface area contributed by atoms with Crippen LogP contribution in [0.1, 0.15) is 72.1 Å². The number of carbonyl (C=O) groups is 3. The largest absolute Gasteiger partial charge is 0.461 e. The lowest BCUT2D eigenvalue weighted by molar-refractivity contribution is -0.167. The number of hydrogen-bond acceptors (Lipinski definition) is 5. The molecule has 4 rings (SSSR count). The van der Waals surface area contributed by atoms with Crippen molar-refractivity contribution in [1.82, 2.24) is 0 Å². The van der Waals surface area contributed by atoms with Gasteiger partial charge in [-0.25, -0.2) is 0 Å². The van der Waals surface area contributed by atoms with Crippen LogP contribution in [-0.2, 0) is 19.1 Å². The van der Waals surface area contributed by atoms with E-state index in [1.54, 1.807) is 6.92 Å². The van der Waals surface area contributed by atoms with Crippen molar-refractivity contribution in [2.75, 3.05) is 6.61 Å². The first kappa shape index (κ1) is 20.8. The summed E-state index contributed by atoms with van der Waals surface area (Å²) in [6, 6.07) is 0. The number of rotatable bonds is 4. The quantitative estimate of drug-likeness (QED) is 0.727. The molecule has 0 heterocycles. The van der Waals surface area contributed by atoms with E-state index in [2.05, 4.69) is 13.8 Å². The third-order valence-corrected chi connectivity index (χ3v) is 9.12. The highest BCUT2D eigenvalue weighted by Gasteiger charge is 2.62. The smallest absolute Gasteiger partial charge is 0.308 e. The lowest BCUT2D eigenvalue weighted by atomic mass is 9.46. The van der Waals surface area contributed by atoms with Gasteiger partial charge in [0.25, 0.3) is 0 Å². The molecular formula is C24H34O5. The van der Waals surface area contributed by atoms with Gasteiger partial charge in [0.15, 0.2) is 5.78 Å². The summed E-state index contributed by atoms with van der Waals surface area (Å²) in [5.74, 6) is 1.52. The van der Waals surface area contributed by atoms with E-state index < -0.39 is 12.1 Å². The van der Waals surface area contributed by atoms with Crippen molar-refractivity contribution in [2.24, 2.45) is 34.5 Å². The van der Waals surface area contributed by atoms with Crippen LogP contribution >= 0.6 is 0 Å². The summed E-state index contributed by atoms with van der Waals surface area (Å²) in [4.78, 5) is 36.9. The molecule has 1 unspecified atom stereocenters. The van der Waals surface area contributed by atoms with E-state index in [9.17, 15) is 14.4 Å². The molecule has 4 aliphatic carbocycles. The highest BCUT2D eigenvalue weighted by Crippen LogP contribution is 2.66. The Hall–Kier alpha value is -1.49. The fourth-order valence-electron chi connectivity index (χ4n) is 7.73. The van der Waals surface area contributed by atoms with Gasteiger partial charge in [0, 0.05) is 17.8 Å². The average molecular weight is 403 g/mol. The molecule has 0 aromatic rings. The van der Waals surface area contributed by atoms with E-state index in [-0.39, 0.29) is 42.0 Å². The standard InChI is InChI=1S/C24H34O5/c1-14(26)18-6-7-19-17-5-4-15-12-16(27)13-21(29-22(28)9-11-25)24(15,3)20(17)8-10-23(18,19)2/h12,17-21,25H,4-11,13H2,1-3H3/t17-,18+,19-,20-,21?,23+,24-/m0/s1. The van der Waals surface area contributed by atoms with E-state index in [0.717, 1.165) is 44.1 Å². The van der Waals surface area contributed by atoms with Gasteiger partial charge in [0.1, 0.15) is 11.9 Å². The molecule has 1 N–H and O–H groups in total. The normalized spacial score (nSPS) is 43.7. The van der Waals surface area contributed by atoms with Crippen molar-refractivity contribution in [3.8, 4) is 0 Å². The van der Waals surface area contributed by atoms with Gasteiger partial charge in [-0.1, -0.05) is 19.4 Å². The van der Waals surface area contributed by atoms with Crippen molar-refractivity contribution in [3.05, 3.63) is 11.6 Å². The van der Waals surface area contributed by atoms with Crippen LogP contribution in [0.5, 0.6) is 0 Å². The second kappa shape index (κ2) is 7.33. The van der Waals surface area contributed by atoms with Crippen LogP contribution in [0.3, 0.4) is 0 Å². The number of hydrogen-bond donors (Lipinski definition) is 1. The maximum absolute atomic E-state index is 12.4. The molecule has 0 amide bonds. The summed E-state index contributed by atoms with van der Waals surface area (Å²) >= 11 is 0. The Balaban J connectivity index is 1.66. The van der Waals surface area contributed by atoms with E-state index in [0.29, 0.717) is 23.5 Å². The van der Waals surface area contributed by atoms with Gasteiger partial charge in [-0.05, 0) is 74.7 Å². The summed E-state index contributed by atoms with van der Waals surface area (Å²) < 4.78 is 5.80. The molecule has 0 saturated heterocycles. The molecule has 0 bridgehead atoms. The minimum atomic E-state index is -0.448. The highest BCUT2D eigenvalue weighted by molar-refractivity contribution is 5.92. The fourth-order valence-corrected chi connectivity index (χ4v) is 7.73. The Kier molecular flexibility index (Phi) is 5.25. The van der Waals surface area contributed by atoms with Gasteiger partial charge in [0.2, 0.25) is 0 Å². The number of ether oxygens (including phenoxy) is 1. The van der Waals surface area contributed by atoms with Gasteiger partial charge in [-0.2, -0.15) is 0 Å². The van der Waals surface area contributed by atoms with Gasteiger partial charge >= 0.3 is 5.97 Å². The average Bonchev–Trinajstić information content (AvgIpc) is 3.00. The monoisotopic (exact) mass is 402 g/mol. The Morgan fingerprint density at radius 3 is 2.62 bits per heavy atom. The molecule has 0 aromatic heterocycles. The molecule has 0 aliphatic heterocycles.